The van der Waals surface area contributed by atoms with Gasteiger partial charge in [-0.3, -0.25) is 4.79 Å². The summed E-state index contributed by atoms with van der Waals surface area (Å²) in [6, 6.07) is 6.44. The summed E-state index contributed by atoms with van der Waals surface area (Å²) in [5.41, 5.74) is 3.23. The fourth-order valence-corrected chi connectivity index (χ4v) is 3.45. The first-order valence-electron chi connectivity index (χ1n) is 7.98. The summed E-state index contributed by atoms with van der Waals surface area (Å²) in [4.78, 5) is 17.2. The minimum Gasteiger partial charge on any atom is -0.385 e. The molecule has 4 nitrogen and oxygen atoms in total. The number of piperidine rings is 1. The third kappa shape index (κ3) is 2.91. The lowest BCUT2D eigenvalue weighted by molar-refractivity contribution is 0.0658. The van der Waals surface area contributed by atoms with Crippen LogP contribution in [0.2, 0.25) is 0 Å². The number of carbonyl (C=O) groups is 1. The van der Waals surface area contributed by atoms with Gasteiger partial charge in [0.25, 0.3) is 5.91 Å². The zero-order valence-corrected chi connectivity index (χ0v) is 13.1. The molecule has 0 radical (unpaired) electrons. The molecule has 2 heterocycles. The number of nitrogens with one attached hydrogen (secondary N) is 1. The number of amides is 1. The van der Waals surface area contributed by atoms with Crippen LogP contribution in [0.4, 0.5) is 5.69 Å². The van der Waals surface area contributed by atoms with Crippen LogP contribution in [0.5, 0.6) is 0 Å². The fraction of sp³-hybridized carbons (Fsp3) is 0.588. The molecule has 3 rings (SSSR count). The van der Waals surface area contributed by atoms with Crippen LogP contribution < -0.4 is 5.32 Å². The molecule has 1 saturated heterocycles. The Morgan fingerprint density at radius 2 is 2.10 bits per heavy atom. The molecule has 0 unspecified atom stereocenters. The molecule has 114 valence electrons. The lowest BCUT2D eigenvalue weighted by Gasteiger charge is -2.35. The molecule has 0 atom stereocenters. The third-order valence-electron chi connectivity index (χ3n) is 4.88. The summed E-state index contributed by atoms with van der Waals surface area (Å²) < 4.78 is 0. The summed E-state index contributed by atoms with van der Waals surface area (Å²) in [5.74, 6) is 0.185. The van der Waals surface area contributed by atoms with Gasteiger partial charge in [-0.05, 0) is 63.5 Å². The van der Waals surface area contributed by atoms with E-state index in [1.165, 1.54) is 5.56 Å². The second kappa shape index (κ2) is 6.06. The van der Waals surface area contributed by atoms with E-state index in [-0.39, 0.29) is 5.91 Å². The molecule has 0 bridgehead atoms. The second-order valence-corrected chi connectivity index (χ2v) is 6.31. The van der Waals surface area contributed by atoms with E-state index in [0.717, 1.165) is 56.6 Å². The van der Waals surface area contributed by atoms with E-state index in [1.54, 1.807) is 0 Å². The van der Waals surface area contributed by atoms with Crippen LogP contribution in [0.15, 0.2) is 18.2 Å². The Hall–Kier alpha value is -1.55. The van der Waals surface area contributed by atoms with Crippen LogP contribution in [0.3, 0.4) is 0 Å². The number of anilines is 1. The number of rotatable bonds is 2. The van der Waals surface area contributed by atoms with E-state index < -0.39 is 0 Å². The van der Waals surface area contributed by atoms with Crippen LogP contribution in [0.1, 0.15) is 35.2 Å². The Morgan fingerprint density at radius 1 is 1.33 bits per heavy atom. The topological polar surface area (TPSA) is 35.6 Å². The van der Waals surface area contributed by atoms with Gasteiger partial charge in [-0.25, -0.2) is 0 Å². The van der Waals surface area contributed by atoms with Crippen molar-refractivity contribution in [3.8, 4) is 0 Å². The van der Waals surface area contributed by atoms with E-state index in [1.807, 2.05) is 24.1 Å². The van der Waals surface area contributed by atoms with Gasteiger partial charge in [0, 0.05) is 30.9 Å². The SMILES string of the molecule is CN1CCC(N(C)C(=O)c2cccc3c2CCCN3)CC1. The van der Waals surface area contributed by atoms with Gasteiger partial charge in [-0.15, -0.1) is 0 Å². The van der Waals surface area contributed by atoms with E-state index >= 15 is 0 Å². The summed E-state index contributed by atoms with van der Waals surface area (Å²) in [6.45, 7) is 3.17. The number of carbonyl (C=O) groups excluding carboxylic acids is 1. The molecular formula is C17H25N3O. The Labute approximate surface area is 127 Å². The van der Waals surface area contributed by atoms with Crippen molar-refractivity contribution < 1.29 is 4.79 Å². The quantitative estimate of drug-likeness (QED) is 0.906. The van der Waals surface area contributed by atoms with Gasteiger partial charge >= 0.3 is 0 Å². The maximum Gasteiger partial charge on any atom is 0.254 e. The molecule has 0 aromatic heterocycles. The van der Waals surface area contributed by atoms with E-state index in [4.69, 9.17) is 0 Å². The molecular weight excluding hydrogens is 262 g/mol. The van der Waals surface area contributed by atoms with Crippen molar-refractivity contribution in [2.24, 2.45) is 0 Å². The normalized spacial score (nSPS) is 19.7. The average Bonchev–Trinajstić information content (AvgIpc) is 2.53. The molecule has 1 N–H and O–H groups in total. The lowest BCUT2D eigenvalue weighted by Crippen LogP contribution is -2.44. The Kier molecular flexibility index (Phi) is 4.15. The van der Waals surface area contributed by atoms with E-state index in [2.05, 4.69) is 23.3 Å². The van der Waals surface area contributed by atoms with Crippen molar-refractivity contribution in [2.75, 3.05) is 39.0 Å². The number of hydrogen-bond donors (Lipinski definition) is 1. The number of nitrogens with zero attached hydrogens (tertiary/aromatic N) is 2. The summed E-state index contributed by atoms with van der Waals surface area (Å²) in [5, 5.41) is 3.40. The first kappa shape index (κ1) is 14.4. The molecule has 1 fully saturated rings. The predicted octanol–water partition coefficient (Wildman–Crippen LogP) is 2.21. The molecule has 1 aromatic carbocycles. The maximum atomic E-state index is 12.9. The Balaban J connectivity index is 1.78. The highest BCUT2D eigenvalue weighted by molar-refractivity contribution is 5.97. The van der Waals surface area contributed by atoms with Crippen LogP contribution >= 0.6 is 0 Å². The molecule has 0 saturated carbocycles. The summed E-state index contributed by atoms with van der Waals surface area (Å²) in [7, 11) is 4.12. The second-order valence-electron chi connectivity index (χ2n) is 6.31. The number of fused-ring (bicyclic) bond motifs is 1. The standard InChI is InChI=1S/C17H25N3O/c1-19-11-8-13(9-12-19)20(2)17(21)15-5-3-7-16-14(15)6-4-10-18-16/h3,5,7,13,18H,4,6,8-12H2,1-2H3. The maximum absolute atomic E-state index is 12.9. The van der Waals surface area contributed by atoms with Crippen molar-refractivity contribution in [1.29, 1.82) is 0 Å². The molecule has 21 heavy (non-hydrogen) atoms. The van der Waals surface area contributed by atoms with Crippen LogP contribution in [0.25, 0.3) is 0 Å². The zero-order chi connectivity index (χ0) is 14.8. The fourth-order valence-electron chi connectivity index (χ4n) is 3.45. The largest absolute Gasteiger partial charge is 0.385 e. The van der Waals surface area contributed by atoms with Crippen LogP contribution in [-0.2, 0) is 6.42 Å². The molecule has 2 aliphatic heterocycles. The predicted molar refractivity (Wildman–Crippen MR) is 85.9 cm³/mol. The van der Waals surface area contributed by atoms with Crippen LogP contribution in [0, 0.1) is 0 Å². The molecule has 2 aliphatic rings. The molecule has 0 spiro atoms. The molecule has 4 heteroatoms. The van der Waals surface area contributed by atoms with E-state index in [0.29, 0.717) is 6.04 Å². The van der Waals surface area contributed by atoms with Crippen molar-refractivity contribution >= 4 is 11.6 Å². The van der Waals surface area contributed by atoms with Gasteiger partial charge in [0.2, 0.25) is 0 Å². The number of likely N-dealkylation sites (tertiary alicyclic amines) is 1. The smallest absolute Gasteiger partial charge is 0.254 e. The van der Waals surface area contributed by atoms with Crippen molar-refractivity contribution in [2.45, 2.75) is 31.7 Å². The number of hydrogen-bond acceptors (Lipinski definition) is 3. The van der Waals surface area contributed by atoms with Crippen LogP contribution in [-0.4, -0.2) is 55.5 Å². The minimum atomic E-state index is 0.185. The van der Waals surface area contributed by atoms with Gasteiger partial charge in [-0.1, -0.05) is 6.07 Å². The van der Waals surface area contributed by atoms with Gasteiger partial charge in [0.05, 0.1) is 0 Å². The molecule has 1 aromatic rings. The van der Waals surface area contributed by atoms with Gasteiger partial charge in [-0.2, -0.15) is 0 Å². The zero-order valence-electron chi connectivity index (χ0n) is 13.1. The average molecular weight is 287 g/mol. The van der Waals surface area contributed by atoms with Gasteiger partial charge < -0.3 is 15.1 Å². The third-order valence-corrected chi connectivity index (χ3v) is 4.88. The Morgan fingerprint density at radius 3 is 2.86 bits per heavy atom. The summed E-state index contributed by atoms with van der Waals surface area (Å²) >= 11 is 0. The highest BCUT2D eigenvalue weighted by atomic mass is 16.2. The van der Waals surface area contributed by atoms with Crippen molar-refractivity contribution in [3.63, 3.8) is 0 Å². The first-order valence-corrected chi connectivity index (χ1v) is 7.98. The molecule has 1 amide bonds. The minimum absolute atomic E-state index is 0.185. The highest BCUT2D eigenvalue weighted by Gasteiger charge is 2.27. The van der Waals surface area contributed by atoms with Gasteiger partial charge in [0.1, 0.15) is 0 Å². The lowest BCUT2D eigenvalue weighted by atomic mass is 9.95. The summed E-state index contributed by atoms with van der Waals surface area (Å²) in [6.07, 6.45) is 4.26. The first-order chi connectivity index (χ1) is 10.2. The highest BCUT2D eigenvalue weighted by Crippen LogP contribution is 2.27. The Bertz CT molecular complexity index is 521. The molecule has 0 aliphatic carbocycles. The van der Waals surface area contributed by atoms with Gasteiger partial charge in [0.15, 0.2) is 0 Å². The van der Waals surface area contributed by atoms with E-state index in [9.17, 15) is 4.79 Å². The monoisotopic (exact) mass is 287 g/mol. The van der Waals surface area contributed by atoms with Crippen molar-refractivity contribution in [3.05, 3.63) is 29.3 Å². The van der Waals surface area contributed by atoms with Crippen molar-refractivity contribution in [1.82, 2.24) is 9.80 Å². The number of benzene rings is 1.